The van der Waals surface area contributed by atoms with Crippen LogP contribution in [-0.4, -0.2) is 4.57 Å². The predicted octanol–water partition coefficient (Wildman–Crippen LogP) is 6.02. The molecule has 0 radical (unpaired) electrons. The molecule has 2 nitrogen and oxygen atoms in total. The topological polar surface area (TPSA) is 9.03 Å². The third kappa shape index (κ3) is 4.79. The van der Waals surface area contributed by atoms with Crippen molar-refractivity contribution < 1.29 is 17.6 Å². The predicted molar refractivity (Wildman–Crippen MR) is 149 cm³/mol. The molecule has 37 heavy (non-hydrogen) atoms. The van der Waals surface area contributed by atoms with Crippen LogP contribution in [0.4, 0.5) is 13.2 Å². The van der Waals surface area contributed by atoms with Crippen molar-refractivity contribution >= 4 is 45.6 Å². The minimum Gasteiger partial charge on any atom is -0.223 e. The van der Waals surface area contributed by atoms with E-state index >= 15 is 0 Å². The van der Waals surface area contributed by atoms with Crippen LogP contribution in [0.3, 0.4) is 0 Å². The summed E-state index contributed by atoms with van der Waals surface area (Å²) in [5, 5.41) is 2.24. The monoisotopic (exact) mass is 533 g/mol. The molecule has 0 unspecified atom stereocenters. The van der Waals surface area contributed by atoms with Crippen molar-refractivity contribution in [1.82, 2.24) is 4.57 Å². The SMILES string of the molecule is Cc1c(P(=S)(c2ccccc2)c2ccccc2)[n+]2ccccc2n1C/C=C/c1ccc(C(F)(F)F)cc1. The molecule has 0 amide bonds. The Bertz CT molecular complexity index is 1560. The van der Waals surface area contributed by atoms with Gasteiger partial charge in [-0.2, -0.15) is 17.6 Å². The van der Waals surface area contributed by atoms with E-state index in [0.717, 1.165) is 39.5 Å². The highest BCUT2D eigenvalue weighted by Crippen LogP contribution is 2.43. The number of benzene rings is 3. The smallest absolute Gasteiger partial charge is 0.223 e. The Kier molecular flexibility index (Phi) is 6.89. The summed E-state index contributed by atoms with van der Waals surface area (Å²) in [6, 6.07) is 29.5. The van der Waals surface area contributed by atoms with Gasteiger partial charge < -0.3 is 0 Å². The van der Waals surface area contributed by atoms with Crippen molar-refractivity contribution in [2.24, 2.45) is 0 Å². The van der Waals surface area contributed by atoms with Crippen LogP contribution in [0.2, 0.25) is 0 Å². The maximum atomic E-state index is 12.9. The molecule has 2 aromatic heterocycles. The van der Waals surface area contributed by atoms with Gasteiger partial charge in [-0.05, 0) is 40.4 Å². The van der Waals surface area contributed by atoms with Crippen LogP contribution in [0, 0.1) is 6.92 Å². The Hall–Kier alpha value is -3.47. The third-order valence-corrected chi connectivity index (χ3v) is 11.4. The van der Waals surface area contributed by atoms with Gasteiger partial charge in [-0.25, -0.2) is 4.57 Å². The van der Waals surface area contributed by atoms with Crippen LogP contribution in [0.5, 0.6) is 0 Å². The van der Waals surface area contributed by atoms with Gasteiger partial charge in [-0.3, -0.25) is 0 Å². The molecule has 0 atom stereocenters. The first-order valence-corrected chi connectivity index (χ1v) is 14.7. The van der Waals surface area contributed by atoms with Crippen LogP contribution in [0.1, 0.15) is 16.8 Å². The molecule has 0 aliphatic heterocycles. The average Bonchev–Trinajstić information content (AvgIpc) is 3.20. The lowest BCUT2D eigenvalue weighted by atomic mass is 10.1. The van der Waals surface area contributed by atoms with Crippen molar-refractivity contribution in [2.75, 3.05) is 0 Å². The van der Waals surface area contributed by atoms with E-state index in [1.54, 1.807) is 0 Å². The first-order valence-electron chi connectivity index (χ1n) is 11.9. The molecule has 5 rings (SSSR count). The molecule has 186 valence electrons. The molecular formula is C30H25F3N2PS+. The first-order chi connectivity index (χ1) is 17.8. The number of fused-ring (bicyclic) bond motifs is 1. The summed E-state index contributed by atoms with van der Waals surface area (Å²) in [6.07, 6.45) is 1.54. The number of rotatable bonds is 6. The summed E-state index contributed by atoms with van der Waals surface area (Å²) < 4.78 is 43.1. The maximum Gasteiger partial charge on any atom is 0.416 e. The van der Waals surface area contributed by atoms with Gasteiger partial charge in [0.15, 0.2) is 5.44 Å². The number of nitrogens with zero attached hydrogens (tertiary/aromatic N) is 2. The lowest BCUT2D eigenvalue weighted by molar-refractivity contribution is -0.490. The molecule has 0 fully saturated rings. The zero-order chi connectivity index (χ0) is 26.0. The van der Waals surface area contributed by atoms with Crippen molar-refractivity contribution in [3.8, 4) is 0 Å². The van der Waals surface area contributed by atoms with Crippen LogP contribution in [0.25, 0.3) is 11.7 Å². The Labute approximate surface area is 219 Å². The van der Waals surface area contributed by atoms with Gasteiger partial charge in [-0.15, -0.1) is 0 Å². The Balaban J connectivity index is 1.60. The van der Waals surface area contributed by atoms with Crippen LogP contribution in [0.15, 0.2) is 115 Å². The van der Waals surface area contributed by atoms with E-state index < -0.39 is 17.8 Å². The van der Waals surface area contributed by atoms with Gasteiger partial charge in [0.2, 0.25) is 0 Å². The fraction of sp³-hybridized carbons (Fsp3) is 0.100. The molecule has 0 aliphatic carbocycles. The molecule has 0 aliphatic rings. The van der Waals surface area contributed by atoms with Crippen molar-refractivity contribution in [2.45, 2.75) is 19.6 Å². The quantitative estimate of drug-likeness (QED) is 0.192. The zero-order valence-corrected chi connectivity index (χ0v) is 21.8. The minimum absolute atomic E-state index is 0.555. The summed E-state index contributed by atoms with van der Waals surface area (Å²) in [6.45, 7) is 2.65. The van der Waals surface area contributed by atoms with E-state index in [2.05, 4.69) is 52.4 Å². The van der Waals surface area contributed by atoms with Gasteiger partial charge in [-0.1, -0.05) is 96.7 Å². The van der Waals surface area contributed by atoms with Crippen molar-refractivity contribution in [3.63, 3.8) is 0 Å². The normalized spacial score (nSPS) is 12.4. The molecule has 7 heteroatoms. The second kappa shape index (κ2) is 10.1. The maximum absolute atomic E-state index is 12.9. The molecule has 0 saturated heterocycles. The number of allylic oxidation sites excluding steroid dienone is 1. The van der Waals surface area contributed by atoms with Gasteiger partial charge in [0.25, 0.3) is 5.65 Å². The largest absolute Gasteiger partial charge is 0.416 e. The summed E-state index contributed by atoms with van der Waals surface area (Å²) in [4.78, 5) is 0. The average molecular weight is 534 g/mol. The summed E-state index contributed by atoms with van der Waals surface area (Å²) in [7, 11) is 0. The first kappa shape index (κ1) is 25.2. The van der Waals surface area contributed by atoms with Crippen LogP contribution in [-0.2, 0) is 24.5 Å². The number of hydrogen-bond acceptors (Lipinski definition) is 1. The molecule has 3 aromatic carbocycles. The third-order valence-electron chi connectivity index (χ3n) is 6.45. The van der Waals surface area contributed by atoms with Crippen LogP contribution < -0.4 is 20.4 Å². The Morgan fingerprint density at radius 3 is 1.95 bits per heavy atom. The highest BCUT2D eigenvalue weighted by Gasteiger charge is 2.36. The minimum atomic E-state index is -4.34. The summed E-state index contributed by atoms with van der Waals surface area (Å²) in [5.41, 5.74) is 3.24. The number of halogens is 3. The second-order valence-electron chi connectivity index (χ2n) is 8.75. The number of alkyl halides is 3. The van der Waals surface area contributed by atoms with E-state index in [-0.39, 0.29) is 0 Å². The zero-order valence-electron chi connectivity index (χ0n) is 20.1. The van der Waals surface area contributed by atoms with Gasteiger partial charge in [0.1, 0.15) is 12.2 Å². The molecular weight excluding hydrogens is 508 g/mol. The van der Waals surface area contributed by atoms with E-state index in [1.807, 2.05) is 60.7 Å². The number of aromatic nitrogens is 2. The second-order valence-corrected chi connectivity index (χ2v) is 13.1. The van der Waals surface area contributed by atoms with E-state index in [4.69, 9.17) is 11.8 Å². The van der Waals surface area contributed by atoms with E-state index in [1.165, 1.54) is 12.1 Å². The van der Waals surface area contributed by atoms with E-state index in [0.29, 0.717) is 12.1 Å². The molecule has 2 heterocycles. The molecule has 0 spiro atoms. The number of imidazole rings is 1. The summed E-state index contributed by atoms with van der Waals surface area (Å²) >= 11 is 6.63. The van der Waals surface area contributed by atoms with E-state index in [9.17, 15) is 13.2 Å². The molecule has 5 aromatic rings. The van der Waals surface area contributed by atoms with Crippen molar-refractivity contribution in [3.05, 3.63) is 132 Å². The van der Waals surface area contributed by atoms with Gasteiger partial charge in [0, 0.05) is 13.0 Å². The molecule has 0 bridgehead atoms. The molecule has 0 saturated carbocycles. The lowest BCUT2D eigenvalue weighted by Crippen LogP contribution is -2.42. The summed E-state index contributed by atoms with van der Waals surface area (Å²) in [5.74, 6) is 0. The number of pyridine rings is 1. The standard InChI is InChI=1S/C30H25F3N2PS/c1-23-29(36(37,26-12-4-2-5-13-26)27-14-6-3-7-15-27)35-21-9-8-16-28(35)34(23)22-10-11-24-17-19-25(20-18-24)30(31,32)33/h2-21H,22H2,1H3/q+1/b11-10+. The Morgan fingerprint density at radius 1 is 0.811 bits per heavy atom. The Morgan fingerprint density at radius 2 is 1.38 bits per heavy atom. The highest BCUT2D eigenvalue weighted by atomic mass is 32.4. The van der Waals surface area contributed by atoms with Crippen molar-refractivity contribution in [1.29, 1.82) is 0 Å². The van der Waals surface area contributed by atoms with Gasteiger partial charge >= 0.3 is 6.18 Å². The fourth-order valence-electron chi connectivity index (χ4n) is 4.66. The van der Waals surface area contributed by atoms with Gasteiger partial charge in [0.05, 0.1) is 17.8 Å². The molecule has 0 N–H and O–H groups in total. The number of hydrogen-bond donors (Lipinski definition) is 0. The lowest BCUT2D eigenvalue weighted by Gasteiger charge is -2.21. The fourth-order valence-corrected chi connectivity index (χ4v) is 9.07. The van der Waals surface area contributed by atoms with Crippen LogP contribution >= 0.6 is 6.04 Å². The highest BCUT2D eigenvalue weighted by molar-refractivity contribution is 8.25.